The van der Waals surface area contributed by atoms with Crippen LogP contribution in [-0.4, -0.2) is 45.5 Å². The molecule has 0 aliphatic rings. The summed E-state index contributed by atoms with van der Waals surface area (Å²) < 4.78 is 10.8. The molecule has 0 unspecified atom stereocenters. The molecule has 2 N–H and O–H groups in total. The minimum absolute atomic E-state index is 0.174. The highest BCUT2D eigenvalue weighted by Gasteiger charge is 2.26. The predicted octanol–water partition coefficient (Wildman–Crippen LogP) is 4.78. The van der Waals surface area contributed by atoms with Crippen LogP contribution in [0.3, 0.4) is 0 Å². The third kappa shape index (κ3) is 6.52. The van der Waals surface area contributed by atoms with Gasteiger partial charge in [0.05, 0.1) is 14.2 Å². The summed E-state index contributed by atoms with van der Waals surface area (Å²) in [6.07, 6.45) is 7.47. The topological polar surface area (TPSA) is 111 Å². The van der Waals surface area contributed by atoms with Gasteiger partial charge in [-0.2, -0.15) is 9.97 Å². The number of rotatable bonds is 13. The molecule has 9 heteroatoms. The quantitative estimate of drug-likeness (QED) is 0.367. The first-order valence-corrected chi connectivity index (χ1v) is 11.6. The van der Waals surface area contributed by atoms with Crippen LogP contribution < -0.4 is 20.1 Å². The number of benzene rings is 1. The Morgan fingerprint density at radius 2 is 1.88 bits per heavy atom. The molecule has 0 fully saturated rings. The van der Waals surface area contributed by atoms with Crippen LogP contribution in [0.25, 0.3) is 11.2 Å². The van der Waals surface area contributed by atoms with Crippen molar-refractivity contribution >= 4 is 28.7 Å². The molecule has 3 aromatic rings. The largest absolute Gasteiger partial charge is 0.497 e. The molecule has 1 atom stereocenters. The predicted molar refractivity (Wildman–Crippen MR) is 133 cm³/mol. The fourth-order valence-electron chi connectivity index (χ4n) is 3.76. The van der Waals surface area contributed by atoms with Gasteiger partial charge >= 0.3 is 0 Å². The molecule has 34 heavy (non-hydrogen) atoms. The Bertz CT molecular complexity index is 1120. The normalized spacial score (nSPS) is 12.7. The van der Waals surface area contributed by atoms with Crippen molar-refractivity contribution in [3.05, 3.63) is 36.2 Å². The van der Waals surface area contributed by atoms with Gasteiger partial charge in [0.15, 0.2) is 17.0 Å². The minimum atomic E-state index is -0.309. The van der Waals surface area contributed by atoms with E-state index in [4.69, 9.17) is 14.5 Å². The zero-order valence-corrected chi connectivity index (χ0v) is 20.6. The highest BCUT2D eigenvalue weighted by molar-refractivity contribution is 5.83. The lowest BCUT2D eigenvalue weighted by Gasteiger charge is -2.31. The summed E-state index contributed by atoms with van der Waals surface area (Å²) in [5.74, 6) is 2.64. The van der Waals surface area contributed by atoms with Crippen LogP contribution >= 0.6 is 0 Å². The van der Waals surface area contributed by atoms with Crippen molar-refractivity contribution in [3.63, 3.8) is 0 Å². The van der Waals surface area contributed by atoms with Gasteiger partial charge in [0.2, 0.25) is 5.95 Å². The second-order valence-corrected chi connectivity index (χ2v) is 8.65. The Hall–Kier alpha value is -3.49. The molecule has 0 saturated carbocycles. The molecule has 0 bridgehead atoms. The SMILES string of the molecule is CCCC[C@](C)(CCC(C)=O)Nc1nc(NCc2ccc(OC)cc2OC)nc2nccnc12. The van der Waals surface area contributed by atoms with Crippen LogP contribution in [0.2, 0.25) is 0 Å². The smallest absolute Gasteiger partial charge is 0.227 e. The number of hydrogen-bond acceptors (Lipinski definition) is 9. The third-order valence-corrected chi connectivity index (χ3v) is 5.80. The second kappa shape index (κ2) is 11.6. The van der Waals surface area contributed by atoms with E-state index in [0.717, 1.165) is 30.6 Å². The van der Waals surface area contributed by atoms with Gasteiger partial charge in [0, 0.05) is 42.5 Å². The van der Waals surface area contributed by atoms with Gasteiger partial charge in [-0.15, -0.1) is 0 Å². The van der Waals surface area contributed by atoms with Crippen LogP contribution in [0.5, 0.6) is 11.5 Å². The summed E-state index contributed by atoms with van der Waals surface area (Å²) in [6.45, 7) is 6.37. The molecule has 182 valence electrons. The van der Waals surface area contributed by atoms with Crippen molar-refractivity contribution < 1.29 is 14.3 Å². The summed E-state index contributed by atoms with van der Waals surface area (Å²) in [7, 11) is 3.25. The van der Waals surface area contributed by atoms with Crippen molar-refractivity contribution in [1.82, 2.24) is 19.9 Å². The molecule has 0 radical (unpaired) electrons. The lowest BCUT2D eigenvalue weighted by atomic mass is 9.89. The Labute approximate surface area is 200 Å². The summed E-state index contributed by atoms with van der Waals surface area (Å²) >= 11 is 0. The van der Waals surface area contributed by atoms with Crippen LogP contribution in [-0.2, 0) is 11.3 Å². The Morgan fingerprint density at radius 1 is 1.09 bits per heavy atom. The summed E-state index contributed by atoms with van der Waals surface area (Å²) in [4.78, 5) is 29.8. The highest BCUT2D eigenvalue weighted by atomic mass is 16.5. The second-order valence-electron chi connectivity index (χ2n) is 8.65. The number of fused-ring (bicyclic) bond motifs is 1. The number of Topliss-reactive ketones (excluding diaryl/α,β-unsaturated/α-hetero) is 1. The summed E-state index contributed by atoms with van der Waals surface area (Å²) in [5.41, 5.74) is 1.72. The van der Waals surface area contributed by atoms with Gasteiger partial charge in [-0.05, 0) is 38.8 Å². The van der Waals surface area contributed by atoms with Crippen LogP contribution in [0, 0.1) is 0 Å². The van der Waals surface area contributed by atoms with E-state index in [-0.39, 0.29) is 11.3 Å². The van der Waals surface area contributed by atoms with Gasteiger partial charge in [-0.3, -0.25) is 0 Å². The number of anilines is 2. The van der Waals surface area contributed by atoms with Crippen LogP contribution in [0.15, 0.2) is 30.6 Å². The lowest BCUT2D eigenvalue weighted by Crippen LogP contribution is -2.36. The number of methoxy groups -OCH3 is 2. The average Bonchev–Trinajstić information content (AvgIpc) is 2.85. The van der Waals surface area contributed by atoms with Crippen molar-refractivity contribution in [2.45, 2.75) is 65.0 Å². The van der Waals surface area contributed by atoms with Gasteiger partial charge < -0.3 is 24.9 Å². The Balaban J connectivity index is 1.89. The molecule has 3 rings (SSSR count). The van der Waals surface area contributed by atoms with Crippen molar-refractivity contribution in [3.8, 4) is 11.5 Å². The van der Waals surface area contributed by atoms with Crippen molar-refractivity contribution in [2.75, 3.05) is 24.9 Å². The first kappa shape index (κ1) is 25.1. The van der Waals surface area contributed by atoms with E-state index in [9.17, 15) is 4.79 Å². The maximum absolute atomic E-state index is 11.7. The molecule has 0 saturated heterocycles. The standard InChI is InChI=1S/C25H34N6O3/c1-6-7-11-25(3,12-10-17(2)32)31-23-21-22(27-14-13-26-21)29-24(30-23)28-16-18-8-9-19(33-4)15-20(18)34-5/h8-9,13-15H,6-7,10-12,16H2,1-5H3,(H2,27,28,29,30,31)/t25-/m1/s1. The van der Waals surface area contributed by atoms with Gasteiger partial charge in [0.1, 0.15) is 17.3 Å². The maximum Gasteiger partial charge on any atom is 0.227 e. The highest BCUT2D eigenvalue weighted by Crippen LogP contribution is 2.29. The summed E-state index contributed by atoms with van der Waals surface area (Å²) in [5, 5.41) is 6.86. The molecule has 2 heterocycles. The maximum atomic E-state index is 11.7. The van der Waals surface area contributed by atoms with E-state index in [0.29, 0.717) is 48.1 Å². The van der Waals surface area contributed by atoms with Crippen LogP contribution in [0.1, 0.15) is 58.4 Å². The molecule has 0 spiro atoms. The fourth-order valence-corrected chi connectivity index (χ4v) is 3.76. The number of carbonyl (C=O) groups is 1. The fraction of sp³-hybridized carbons (Fsp3) is 0.480. The molecular formula is C25H34N6O3. The van der Waals surface area contributed by atoms with E-state index < -0.39 is 0 Å². The van der Waals surface area contributed by atoms with E-state index in [1.807, 2.05) is 18.2 Å². The average molecular weight is 467 g/mol. The number of hydrogen-bond donors (Lipinski definition) is 2. The number of nitrogens with zero attached hydrogens (tertiary/aromatic N) is 4. The van der Waals surface area contributed by atoms with E-state index in [1.54, 1.807) is 33.5 Å². The molecule has 9 nitrogen and oxygen atoms in total. The molecule has 0 aliphatic carbocycles. The van der Waals surface area contributed by atoms with Crippen molar-refractivity contribution in [1.29, 1.82) is 0 Å². The Morgan fingerprint density at radius 3 is 2.59 bits per heavy atom. The first-order chi connectivity index (χ1) is 16.4. The zero-order valence-electron chi connectivity index (χ0n) is 20.6. The van der Waals surface area contributed by atoms with Gasteiger partial charge in [-0.1, -0.05) is 19.8 Å². The van der Waals surface area contributed by atoms with Gasteiger partial charge in [0.25, 0.3) is 0 Å². The number of nitrogens with one attached hydrogen (secondary N) is 2. The van der Waals surface area contributed by atoms with Crippen LogP contribution in [0.4, 0.5) is 11.8 Å². The summed E-state index contributed by atoms with van der Waals surface area (Å²) in [6, 6.07) is 5.66. The monoisotopic (exact) mass is 466 g/mol. The number of carbonyl (C=O) groups excluding carboxylic acids is 1. The Kier molecular flexibility index (Phi) is 8.56. The number of ether oxygens (including phenoxy) is 2. The van der Waals surface area contributed by atoms with E-state index in [1.165, 1.54) is 0 Å². The first-order valence-electron chi connectivity index (χ1n) is 11.6. The number of ketones is 1. The number of unbranched alkanes of at least 4 members (excludes halogenated alkanes) is 1. The number of aromatic nitrogens is 4. The van der Waals surface area contributed by atoms with Gasteiger partial charge in [-0.25, -0.2) is 9.97 Å². The molecule has 1 aromatic carbocycles. The molecular weight excluding hydrogens is 432 g/mol. The lowest BCUT2D eigenvalue weighted by molar-refractivity contribution is -0.117. The van der Waals surface area contributed by atoms with E-state index >= 15 is 0 Å². The van der Waals surface area contributed by atoms with Crippen molar-refractivity contribution in [2.24, 2.45) is 0 Å². The third-order valence-electron chi connectivity index (χ3n) is 5.80. The van der Waals surface area contributed by atoms with E-state index in [2.05, 4.69) is 39.4 Å². The minimum Gasteiger partial charge on any atom is -0.497 e. The molecule has 0 amide bonds. The molecule has 2 aromatic heterocycles. The molecule has 0 aliphatic heterocycles. The zero-order chi connectivity index (χ0) is 24.6.